The fraction of sp³-hybridized carbons (Fsp3) is 0.222. The van der Waals surface area contributed by atoms with Crippen molar-refractivity contribution in [1.29, 1.82) is 5.26 Å². The minimum Gasteiger partial charge on any atom is -0.496 e. The van der Waals surface area contributed by atoms with E-state index >= 15 is 0 Å². The molecule has 0 saturated carbocycles. The highest BCUT2D eigenvalue weighted by Crippen LogP contribution is 2.31. The second kappa shape index (κ2) is 7.32. The van der Waals surface area contributed by atoms with Crippen LogP contribution in [-0.4, -0.2) is 20.1 Å². The number of nitriles is 1. The van der Waals surface area contributed by atoms with E-state index in [0.29, 0.717) is 17.0 Å². The summed E-state index contributed by atoms with van der Waals surface area (Å²) in [5.41, 5.74) is 2.85. The van der Waals surface area contributed by atoms with Crippen LogP contribution in [0.5, 0.6) is 11.5 Å². The van der Waals surface area contributed by atoms with Gasteiger partial charge in [-0.25, -0.2) is 0 Å². The molecule has 0 bridgehead atoms. The fourth-order valence-corrected chi connectivity index (χ4v) is 2.38. The van der Waals surface area contributed by atoms with Gasteiger partial charge in [-0.05, 0) is 37.3 Å². The van der Waals surface area contributed by atoms with Crippen LogP contribution in [0.25, 0.3) is 0 Å². The van der Waals surface area contributed by atoms with Crippen molar-refractivity contribution in [2.75, 3.05) is 19.5 Å². The van der Waals surface area contributed by atoms with Crippen molar-refractivity contribution in [3.63, 3.8) is 0 Å². The molecule has 2 rings (SSSR count). The second-order valence-electron chi connectivity index (χ2n) is 5.00. The van der Waals surface area contributed by atoms with Crippen molar-refractivity contribution in [3.8, 4) is 17.6 Å². The summed E-state index contributed by atoms with van der Waals surface area (Å²) in [5.74, 6) is 1.22. The number of methoxy groups -OCH3 is 2. The number of ether oxygens (including phenoxy) is 2. The summed E-state index contributed by atoms with van der Waals surface area (Å²) in [6.45, 7) is 1.89. The lowest BCUT2D eigenvalue weighted by atomic mass is 10.1. The van der Waals surface area contributed by atoms with Gasteiger partial charge in [-0.3, -0.25) is 4.79 Å². The third kappa shape index (κ3) is 3.80. The summed E-state index contributed by atoms with van der Waals surface area (Å²) in [6.07, 6.45) is 0.189. The molecule has 0 unspecified atom stereocenters. The van der Waals surface area contributed by atoms with Crippen LogP contribution in [0, 0.1) is 18.3 Å². The molecule has 5 nitrogen and oxygen atoms in total. The van der Waals surface area contributed by atoms with Crippen LogP contribution >= 0.6 is 0 Å². The van der Waals surface area contributed by atoms with E-state index in [0.717, 1.165) is 16.9 Å². The fourth-order valence-electron chi connectivity index (χ4n) is 2.38. The molecule has 2 aromatic rings. The van der Waals surface area contributed by atoms with E-state index in [-0.39, 0.29) is 12.3 Å². The zero-order chi connectivity index (χ0) is 16.8. The molecule has 0 aliphatic carbocycles. The average Bonchev–Trinajstić information content (AvgIpc) is 2.56. The molecule has 5 heteroatoms. The van der Waals surface area contributed by atoms with Gasteiger partial charge in [-0.1, -0.05) is 6.07 Å². The monoisotopic (exact) mass is 310 g/mol. The van der Waals surface area contributed by atoms with Crippen molar-refractivity contribution in [2.24, 2.45) is 0 Å². The normalized spacial score (nSPS) is 9.83. The first-order valence-corrected chi connectivity index (χ1v) is 7.09. The molecule has 0 aromatic heterocycles. The van der Waals surface area contributed by atoms with Crippen LogP contribution in [0.15, 0.2) is 36.4 Å². The Morgan fingerprint density at radius 2 is 1.83 bits per heavy atom. The molecule has 0 heterocycles. The van der Waals surface area contributed by atoms with Gasteiger partial charge in [-0.15, -0.1) is 0 Å². The van der Waals surface area contributed by atoms with Gasteiger partial charge in [-0.2, -0.15) is 5.26 Å². The maximum Gasteiger partial charge on any atom is 0.228 e. The molecule has 0 aliphatic heterocycles. The summed E-state index contributed by atoms with van der Waals surface area (Å²) >= 11 is 0. The Balaban J connectivity index is 2.13. The summed E-state index contributed by atoms with van der Waals surface area (Å²) in [5, 5.41) is 11.6. The SMILES string of the molecule is COc1ccc(CC(=O)Nc2ccc(C#N)cc2)c(OC)c1C. The minimum atomic E-state index is -0.155. The van der Waals surface area contributed by atoms with Gasteiger partial charge in [0.25, 0.3) is 0 Å². The molecule has 23 heavy (non-hydrogen) atoms. The lowest BCUT2D eigenvalue weighted by Gasteiger charge is -2.14. The number of rotatable bonds is 5. The van der Waals surface area contributed by atoms with Crippen LogP contribution in [0.2, 0.25) is 0 Å². The van der Waals surface area contributed by atoms with Crippen LogP contribution < -0.4 is 14.8 Å². The quantitative estimate of drug-likeness (QED) is 0.921. The van der Waals surface area contributed by atoms with E-state index in [9.17, 15) is 4.79 Å². The first-order chi connectivity index (χ1) is 11.1. The van der Waals surface area contributed by atoms with Gasteiger partial charge in [0.05, 0.1) is 32.3 Å². The first kappa shape index (κ1) is 16.4. The lowest BCUT2D eigenvalue weighted by Crippen LogP contribution is -2.15. The molecule has 0 saturated heterocycles. The lowest BCUT2D eigenvalue weighted by molar-refractivity contribution is -0.115. The van der Waals surface area contributed by atoms with Crippen molar-refractivity contribution in [1.82, 2.24) is 0 Å². The molecule has 2 aromatic carbocycles. The summed E-state index contributed by atoms with van der Waals surface area (Å²) < 4.78 is 10.7. The van der Waals surface area contributed by atoms with Gasteiger partial charge in [0, 0.05) is 16.8 Å². The number of carbonyl (C=O) groups is 1. The van der Waals surface area contributed by atoms with Gasteiger partial charge in [0.15, 0.2) is 0 Å². The van der Waals surface area contributed by atoms with E-state index in [1.807, 2.05) is 25.1 Å². The third-order valence-electron chi connectivity index (χ3n) is 3.51. The number of hydrogen-bond donors (Lipinski definition) is 1. The molecule has 0 aliphatic rings. The average molecular weight is 310 g/mol. The molecule has 0 radical (unpaired) electrons. The Labute approximate surface area is 135 Å². The van der Waals surface area contributed by atoms with Gasteiger partial charge in [0.1, 0.15) is 11.5 Å². The van der Waals surface area contributed by atoms with E-state index < -0.39 is 0 Å². The molecular weight excluding hydrogens is 292 g/mol. The van der Waals surface area contributed by atoms with E-state index in [4.69, 9.17) is 14.7 Å². The molecule has 0 fully saturated rings. The molecule has 1 N–H and O–H groups in total. The van der Waals surface area contributed by atoms with Crippen molar-refractivity contribution < 1.29 is 14.3 Å². The van der Waals surface area contributed by atoms with Crippen LogP contribution in [0.3, 0.4) is 0 Å². The third-order valence-corrected chi connectivity index (χ3v) is 3.51. The second-order valence-corrected chi connectivity index (χ2v) is 5.00. The van der Waals surface area contributed by atoms with Gasteiger partial charge >= 0.3 is 0 Å². The Hall–Kier alpha value is -3.00. The smallest absolute Gasteiger partial charge is 0.228 e. The van der Waals surface area contributed by atoms with Gasteiger partial charge in [0.2, 0.25) is 5.91 Å². The minimum absolute atomic E-state index is 0.155. The number of benzene rings is 2. The number of hydrogen-bond acceptors (Lipinski definition) is 4. The zero-order valence-electron chi connectivity index (χ0n) is 13.3. The Morgan fingerprint density at radius 3 is 2.39 bits per heavy atom. The summed E-state index contributed by atoms with van der Waals surface area (Å²) in [6, 6.07) is 12.4. The van der Waals surface area contributed by atoms with Crippen LogP contribution in [0.1, 0.15) is 16.7 Å². The topological polar surface area (TPSA) is 71.3 Å². The predicted octanol–water partition coefficient (Wildman–Crippen LogP) is 3.07. The maximum atomic E-state index is 12.2. The largest absolute Gasteiger partial charge is 0.496 e. The Morgan fingerprint density at radius 1 is 1.13 bits per heavy atom. The molecule has 1 amide bonds. The zero-order valence-corrected chi connectivity index (χ0v) is 13.3. The molecule has 118 valence electrons. The predicted molar refractivity (Wildman–Crippen MR) is 87.8 cm³/mol. The van der Waals surface area contributed by atoms with Crippen molar-refractivity contribution in [3.05, 3.63) is 53.1 Å². The van der Waals surface area contributed by atoms with E-state index in [1.54, 1.807) is 38.5 Å². The standard InChI is InChI=1S/C18H18N2O3/c1-12-16(22-2)9-6-14(18(12)23-3)10-17(21)20-15-7-4-13(11-19)5-8-15/h4-9H,10H2,1-3H3,(H,20,21). The number of anilines is 1. The number of carbonyl (C=O) groups excluding carboxylic acids is 1. The van der Waals surface area contributed by atoms with Crippen molar-refractivity contribution >= 4 is 11.6 Å². The number of nitrogens with zero attached hydrogens (tertiary/aromatic N) is 1. The van der Waals surface area contributed by atoms with E-state index in [1.165, 1.54) is 0 Å². The number of nitrogens with one attached hydrogen (secondary N) is 1. The molecule has 0 atom stereocenters. The van der Waals surface area contributed by atoms with Crippen LogP contribution in [0.4, 0.5) is 5.69 Å². The highest BCUT2D eigenvalue weighted by atomic mass is 16.5. The van der Waals surface area contributed by atoms with Crippen molar-refractivity contribution in [2.45, 2.75) is 13.3 Å². The highest BCUT2D eigenvalue weighted by Gasteiger charge is 2.14. The summed E-state index contributed by atoms with van der Waals surface area (Å²) in [4.78, 5) is 12.2. The Kier molecular flexibility index (Phi) is 5.21. The van der Waals surface area contributed by atoms with Crippen LogP contribution in [-0.2, 0) is 11.2 Å². The first-order valence-electron chi connectivity index (χ1n) is 7.09. The molecule has 0 spiro atoms. The summed E-state index contributed by atoms with van der Waals surface area (Å²) in [7, 11) is 3.17. The maximum absolute atomic E-state index is 12.2. The highest BCUT2D eigenvalue weighted by molar-refractivity contribution is 5.92. The number of amides is 1. The molecular formula is C18H18N2O3. The Bertz CT molecular complexity index is 746. The van der Waals surface area contributed by atoms with Gasteiger partial charge < -0.3 is 14.8 Å². The van der Waals surface area contributed by atoms with E-state index in [2.05, 4.69) is 5.32 Å².